The summed E-state index contributed by atoms with van der Waals surface area (Å²) in [6.07, 6.45) is 3.01. The van der Waals surface area contributed by atoms with E-state index in [-0.39, 0.29) is 35.0 Å². The second-order valence-corrected chi connectivity index (χ2v) is 1.32. The van der Waals surface area contributed by atoms with Crippen molar-refractivity contribution in [3.8, 4) is 0 Å². The maximum absolute atomic E-state index is 5.12. The number of nitrogens with zero attached hydrogens (tertiary/aromatic N) is 2. The molecule has 3 nitrogen and oxygen atoms in total. The van der Waals surface area contributed by atoms with Crippen molar-refractivity contribution in [3.63, 3.8) is 0 Å². The van der Waals surface area contributed by atoms with Gasteiger partial charge in [0, 0.05) is 6.20 Å². The van der Waals surface area contributed by atoms with Crippen molar-refractivity contribution in [2.45, 2.75) is 0 Å². The first kappa shape index (κ1) is 12.5. The predicted molar refractivity (Wildman–Crippen MR) is 32.7 cm³/mol. The fraction of sp³-hybridized carbons (Fsp3) is 0. The molecule has 1 N–H and O–H groups in total. The molecule has 0 saturated heterocycles. The van der Waals surface area contributed by atoms with Crippen molar-refractivity contribution in [2.75, 3.05) is 0 Å². The van der Waals surface area contributed by atoms with Gasteiger partial charge >= 0.3 is 29.6 Å². The molecule has 1 rings (SSSR count). The van der Waals surface area contributed by atoms with Crippen LogP contribution in [0, 0.1) is 6.58 Å². The molecule has 0 atom stereocenters. The molecular formula is C6H6N2NaO-. The molecule has 0 amide bonds. The van der Waals surface area contributed by atoms with E-state index in [2.05, 4.69) is 10.2 Å². The maximum Gasteiger partial charge on any atom is 1.00 e. The molecular weight excluding hydrogens is 139 g/mol. The van der Waals surface area contributed by atoms with Crippen LogP contribution in [-0.4, -0.2) is 15.7 Å². The molecule has 0 aliphatic rings. The van der Waals surface area contributed by atoms with Crippen molar-refractivity contribution in [2.24, 2.45) is 0 Å². The van der Waals surface area contributed by atoms with Gasteiger partial charge in [0.15, 0.2) is 0 Å². The van der Waals surface area contributed by atoms with Crippen LogP contribution in [0.5, 0.6) is 0 Å². The van der Waals surface area contributed by atoms with Crippen LogP contribution in [0.2, 0.25) is 0 Å². The minimum atomic E-state index is 0. The summed E-state index contributed by atoms with van der Waals surface area (Å²) in [6, 6.07) is 3.57. The first-order chi connectivity index (χ1) is 3.93. The zero-order valence-electron chi connectivity index (χ0n) is 5.73. The summed E-state index contributed by atoms with van der Waals surface area (Å²) in [5.41, 5.74) is 0.701. The van der Waals surface area contributed by atoms with Crippen molar-refractivity contribution in [1.82, 2.24) is 10.2 Å². The van der Waals surface area contributed by atoms with Gasteiger partial charge in [0.2, 0.25) is 0 Å². The largest absolute Gasteiger partial charge is 1.00 e. The van der Waals surface area contributed by atoms with Gasteiger partial charge < -0.3 is 5.48 Å². The molecule has 0 aliphatic carbocycles. The van der Waals surface area contributed by atoms with E-state index in [0.29, 0.717) is 5.69 Å². The summed E-state index contributed by atoms with van der Waals surface area (Å²) >= 11 is 0. The first-order valence-electron chi connectivity index (χ1n) is 2.26. The second-order valence-electron chi connectivity index (χ2n) is 1.32. The van der Waals surface area contributed by atoms with Gasteiger partial charge in [-0.2, -0.15) is 5.10 Å². The van der Waals surface area contributed by atoms with Gasteiger partial charge in [-0.05, 0) is 0 Å². The van der Waals surface area contributed by atoms with E-state index in [1.807, 2.05) is 0 Å². The molecule has 10 heavy (non-hydrogen) atoms. The Morgan fingerprint density at radius 2 is 2.20 bits per heavy atom. The molecule has 0 saturated carbocycles. The van der Waals surface area contributed by atoms with Crippen LogP contribution in [0.4, 0.5) is 0 Å². The summed E-state index contributed by atoms with van der Waals surface area (Å²) in [4.78, 5) is 0. The third-order valence-electron chi connectivity index (χ3n) is 0.764. The Morgan fingerprint density at radius 1 is 1.50 bits per heavy atom. The third kappa shape index (κ3) is 3.74. The first-order valence-corrected chi connectivity index (χ1v) is 2.26. The Labute approximate surface area is 81.8 Å². The van der Waals surface area contributed by atoms with Crippen molar-refractivity contribution >= 4 is 6.08 Å². The number of aromatic nitrogens is 2. The normalized spacial score (nSPS) is 6.80. The van der Waals surface area contributed by atoms with Crippen LogP contribution in [0.25, 0.3) is 6.08 Å². The molecule has 0 spiro atoms. The summed E-state index contributed by atoms with van der Waals surface area (Å²) in [7, 11) is 0. The number of hydrogen-bond donors (Lipinski definition) is 0. The van der Waals surface area contributed by atoms with E-state index in [1.165, 1.54) is 6.08 Å². The maximum atomic E-state index is 5.12. The van der Waals surface area contributed by atoms with E-state index in [4.69, 9.17) is 6.58 Å². The van der Waals surface area contributed by atoms with Gasteiger partial charge in [0.05, 0.1) is 0 Å². The molecule has 48 valence electrons. The van der Waals surface area contributed by atoms with Gasteiger partial charge in [0.1, 0.15) is 0 Å². The standard InChI is InChI=1S/C6H5N2.Na.H2O/c1-2-6-4-3-5-7-8-6;;/h1-5H;;1H2/q-1;+1;/p-1. The van der Waals surface area contributed by atoms with Gasteiger partial charge in [-0.1, -0.05) is 11.8 Å². The molecule has 0 fully saturated rings. The summed E-state index contributed by atoms with van der Waals surface area (Å²) < 4.78 is 0. The molecule has 0 aliphatic heterocycles. The Bertz CT molecular complexity index is 178. The minimum Gasteiger partial charge on any atom is -0.870 e. The Balaban J connectivity index is 0. The van der Waals surface area contributed by atoms with E-state index in [0.717, 1.165) is 0 Å². The zero-order chi connectivity index (χ0) is 5.82. The zero-order valence-corrected chi connectivity index (χ0v) is 7.73. The summed E-state index contributed by atoms with van der Waals surface area (Å²) in [6.45, 7) is 5.12. The fourth-order valence-electron chi connectivity index (χ4n) is 0.402. The molecule has 0 radical (unpaired) electrons. The molecule has 1 heterocycles. The van der Waals surface area contributed by atoms with E-state index in [9.17, 15) is 0 Å². The van der Waals surface area contributed by atoms with Crippen LogP contribution >= 0.6 is 0 Å². The SMILES string of the molecule is [CH-]=Cc1cccnn1.[Na+].[OH-]. The molecule has 1 aromatic heterocycles. The van der Waals surface area contributed by atoms with E-state index in [1.54, 1.807) is 18.3 Å². The van der Waals surface area contributed by atoms with Gasteiger partial charge in [-0.3, -0.25) is 6.58 Å². The van der Waals surface area contributed by atoms with Crippen LogP contribution in [0.15, 0.2) is 18.3 Å². The van der Waals surface area contributed by atoms with Crippen LogP contribution < -0.4 is 29.6 Å². The van der Waals surface area contributed by atoms with Gasteiger partial charge in [-0.15, -0.1) is 6.07 Å². The topological polar surface area (TPSA) is 55.8 Å². The molecule has 0 aromatic carbocycles. The molecule has 0 bridgehead atoms. The van der Waals surface area contributed by atoms with E-state index < -0.39 is 0 Å². The Morgan fingerprint density at radius 3 is 2.50 bits per heavy atom. The van der Waals surface area contributed by atoms with Crippen molar-refractivity contribution in [1.29, 1.82) is 0 Å². The summed E-state index contributed by atoms with van der Waals surface area (Å²) in [5, 5.41) is 7.26. The second kappa shape index (κ2) is 6.89. The van der Waals surface area contributed by atoms with Gasteiger partial charge in [-0.25, -0.2) is 11.2 Å². The number of rotatable bonds is 1. The monoisotopic (exact) mass is 145 g/mol. The van der Waals surface area contributed by atoms with Crippen molar-refractivity contribution in [3.05, 3.63) is 30.6 Å². The molecule has 4 heteroatoms. The average Bonchev–Trinajstić information content (AvgIpc) is 1.90. The third-order valence-corrected chi connectivity index (χ3v) is 0.764. The molecule has 1 aromatic rings. The van der Waals surface area contributed by atoms with E-state index >= 15 is 0 Å². The van der Waals surface area contributed by atoms with Crippen LogP contribution in [-0.2, 0) is 0 Å². The minimum absolute atomic E-state index is 0. The Hall–Kier alpha value is -0.220. The molecule has 0 unspecified atom stereocenters. The van der Waals surface area contributed by atoms with Crippen LogP contribution in [0.1, 0.15) is 5.69 Å². The Kier molecular flexibility index (Phi) is 8.59. The van der Waals surface area contributed by atoms with Gasteiger partial charge in [0.25, 0.3) is 0 Å². The number of hydrogen-bond acceptors (Lipinski definition) is 3. The smallest absolute Gasteiger partial charge is 0.870 e. The van der Waals surface area contributed by atoms with Crippen molar-refractivity contribution < 1.29 is 35.0 Å². The fourth-order valence-corrected chi connectivity index (χ4v) is 0.402. The predicted octanol–water partition coefficient (Wildman–Crippen LogP) is -2.25. The summed E-state index contributed by atoms with van der Waals surface area (Å²) in [5.74, 6) is 0. The average molecular weight is 145 g/mol. The van der Waals surface area contributed by atoms with Crippen LogP contribution in [0.3, 0.4) is 0 Å². The quantitative estimate of drug-likeness (QED) is 0.331.